The van der Waals surface area contributed by atoms with Gasteiger partial charge in [-0.2, -0.15) is 0 Å². The van der Waals surface area contributed by atoms with Crippen molar-refractivity contribution in [3.8, 4) is 5.75 Å². The molecule has 2 nitrogen and oxygen atoms in total. The Balaban J connectivity index is 0.000000285. The summed E-state index contributed by atoms with van der Waals surface area (Å²) in [6, 6.07) is 26.8. The third-order valence-electron chi connectivity index (χ3n) is 10.2. The summed E-state index contributed by atoms with van der Waals surface area (Å²) in [5.74, 6) is 3.96. The van der Waals surface area contributed by atoms with Crippen LogP contribution in [0.4, 0.5) is 5.69 Å². The molecule has 1 aliphatic carbocycles. The summed E-state index contributed by atoms with van der Waals surface area (Å²) in [7, 11) is 5.72. The Bertz CT molecular complexity index is 1340. The largest absolute Gasteiger partial charge is 0.519 e. The van der Waals surface area contributed by atoms with Crippen molar-refractivity contribution >= 4 is 20.0 Å². The second-order valence-electron chi connectivity index (χ2n) is 13.9. The Morgan fingerprint density at radius 3 is 2.05 bits per heavy atom. The van der Waals surface area contributed by atoms with Gasteiger partial charge in [-0.15, -0.1) is 5.41 Å². The first-order chi connectivity index (χ1) is 21.0. The monoisotopic (exact) mass is 701 g/mol. The van der Waals surface area contributed by atoms with E-state index in [-0.39, 0.29) is 27.2 Å². The van der Waals surface area contributed by atoms with Gasteiger partial charge in [0.15, 0.2) is 0 Å². The van der Waals surface area contributed by atoms with Crippen LogP contribution in [0.5, 0.6) is 5.75 Å². The molecule has 2 aliphatic heterocycles. The molecule has 2 bridgehead atoms. The van der Waals surface area contributed by atoms with Crippen molar-refractivity contribution in [1.82, 2.24) is 0 Å². The van der Waals surface area contributed by atoms with Gasteiger partial charge in [-0.05, 0) is 53.7 Å². The molecular weight excluding hydrogens is 647 g/mol. The summed E-state index contributed by atoms with van der Waals surface area (Å²) in [5.41, 5.74) is 7.31. The van der Waals surface area contributed by atoms with Gasteiger partial charge in [-0.25, -0.2) is 6.54 Å². The number of para-hydroxylation sites is 2. The van der Waals surface area contributed by atoms with E-state index in [0.717, 1.165) is 17.2 Å². The minimum atomic E-state index is -0.191. The van der Waals surface area contributed by atoms with Gasteiger partial charge < -0.3 is 4.90 Å². The average molecular weight is 701 g/mol. The average Bonchev–Trinajstić information content (AvgIpc) is 3.21. The molecule has 0 N–H and O–H groups in total. The second-order valence-corrected chi connectivity index (χ2v) is 15.7. The van der Waals surface area contributed by atoms with Gasteiger partial charge in [0.2, 0.25) is 0 Å². The number of fused-ring (bicyclic) bond motifs is 4. The molecule has 4 heteroatoms. The number of hydrogen-bond donors (Lipinski definition) is 0. The molecule has 0 aromatic heterocycles. The fourth-order valence-corrected chi connectivity index (χ4v) is 8.67. The molecule has 5 atom stereocenters. The molecule has 3 fully saturated rings. The third-order valence-corrected chi connectivity index (χ3v) is 11.3. The van der Waals surface area contributed by atoms with Crippen LogP contribution >= 0.6 is 9.69 Å². The first-order valence-corrected chi connectivity index (χ1v) is 19.9. The number of benzene rings is 3. The summed E-state index contributed by atoms with van der Waals surface area (Å²) in [5, 5.41) is 0. The van der Waals surface area contributed by atoms with Gasteiger partial charge in [0.25, 0.3) is 0 Å². The Hall–Kier alpha value is -1.96. The standard InChI is InChI=1S/C30H42N.C10H12O.ClH.Ru/c1-20(2)27-14-11-15-28(21(3)4)29(27)31-19-30(23(6)25-12-9-8-10-13-25)17-16-26(24(31)7)18-22(30)5;1-8(2)11-10-7-5-4-6-9(10)3;;/h8-15,19-24,26H,16-18H2,1-7H3;3-8H,1-2H3;1H;/q-1;;;+1/p-1/t22-,23?,24?,26+,30+;;;/m0.../s1. The number of ether oxygens (including phenoxy) is 1. The molecule has 44 heavy (non-hydrogen) atoms. The number of hydrogen-bond acceptors (Lipinski definition) is 2. The summed E-state index contributed by atoms with van der Waals surface area (Å²) >= 11 is -0.191. The Kier molecular flexibility index (Phi) is 12.3. The molecule has 3 aromatic carbocycles. The van der Waals surface area contributed by atoms with Crippen molar-refractivity contribution in [2.45, 2.75) is 111 Å². The predicted molar refractivity (Wildman–Crippen MR) is 188 cm³/mol. The fourth-order valence-electron chi connectivity index (χ4n) is 7.56. The third kappa shape index (κ3) is 7.70. The van der Waals surface area contributed by atoms with Gasteiger partial charge in [0.05, 0.1) is 0 Å². The molecule has 0 amide bonds. The van der Waals surface area contributed by atoms with Crippen LogP contribution < -0.4 is 9.64 Å². The molecule has 1 saturated carbocycles. The van der Waals surface area contributed by atoms with E-state index in [2.05, 4.69) is 108 Å². The van der Waals surface area contributed by atoms with Crippen LogP contribution in [-0.4, -0.2) is 16.8 Å². The van der Waals surface area contributed by atoms with Gasteiger partial charge in [-0.3, -0.25) is 0 Å². The maximum absolute atomic E-state index is 5.72. The van der Waals surface area contributed by atoms with E-state index in [9.17, 15) is 0 Å². The van der Waals surface area contributed by atoms with E-state index in [1.54, 1.807) is 0 Å². The Morgan fingerprint density at radius 2 is 1.48 bits per heavy atom. The van der Waals surface area contributed by atoms with Crippen LogP contribution in [-0.2, 0) is 15.7 Å². The number of rotatable bonds is 8. The van der Waals surface area contributed by atoms with Crippen molar-refractivity contribution < 1.29 is 20.4 Å². The summed E-state index contributed by atoms with van der Waals surface area (Å²) in [4.78, 5) is 2.76. The Labute approximate surface area is 280 Å². The topological polar surface area (TPSA) is 12.5 Å². The van der Waals surface area contributed by atoms with E-state index in [0.29, 0.717) is 29.7 Å². The molecule has 6 rings (SSSR count). The van der Waals surface area contributed by atoms with Crippen molar-refractivity contribution in [3.05, 3.63) is 102 Å². The summed E-state index contributed by atoms with van der Waals surface area (Å²) in [6.07, 6.45) is 4.19. The molecule has 2 saturated heterocycles. The van der Waals surface area contributed by atoms with Crippen LogP contribution in [0.15, 0.2) is 72.8 Å². The van der Waals surface area contributed by atoms with E-state index in [1.807, 2.05) is 42.7 Å². The van der Waals surface area contributed by atoms with Crippen molar-refractivity contribution in [1.29, 1.82) is 0 Å². The molecule has 2 heterocycles. The van der Waals surface area contributed by atoms with Crippen molar-refractivity contribution in [3.63, 3.8) is 0 Å². The van der Waals surface area contributed by atoms with Gasteiger partial charge in [0, 0.05) is 11.7 Å². The molecule has 241 valence electrons. The van der Waals surface area contributed by atoms with Crippen LogP contribution in [0.25, 0.3) is 0 Å². The molecule has 3 aliphatic rings. The van der Waals surface area contributed by atoms with Crippen LogP contribution in [0.1, 0.15) is 122 Å². The maximum atomic E-state index is 5.72. The quantitative estimate of drug-likeness (QED) is 0.171. The smallest absolute Gasteiger partial charge is 0.0143 e. The van der Waals surface area contributed by atoms with E-state index in [4.69, 9.17) is 14.4 Å². The van der Waals surface area contributed by atoms with Gasteiger partial charge in [0.1, 0.15) is 0 Å². The SMILES string of the molecule is CC(C)Oc1ccccc1[CH]=[Ru][Cl].CC(C)c1cccc(C(C)C)c1N1[CH-][C@]2(C(C)c3ccccc3)CC[C@H](C[C@@H]2C)C1C. The second kappa shape index (κ2) is 15.6. The molecule has 3 aromatic rings. The zero-order chi connectivity index (χ0) is 32.0. The number of anilines is 1. The molecular formula is C40H54ClNORu-. The van der Waals surface area contributed by atoms with Gasteiger partial charge in [-0.1, -0.05) is 109 Å². The predicted octanol–water partition coefficient (Wildman–Crippen LogP) is 11.4. The molecule has 2 unspecified atom stereocenters. The minimum absolute atomic E-state index is 0.191. The van der Waals surface area contributed by atoms with E-state index >= 15 is 0 Å². The van der Waals surface area contributed by atoms with Crippen LogP contribution in [0.2, 0.25) is 0 Å². The minimum Gasteiger partial charge on any atom is -0.519 e. The number of halogens is 1. The van der Waals surface area contributed by atoms with E-state index in [1.165, 1.54) is 41.6 Å². The maximum Gasteiger partial charge on any atom is 0.0143 e. The van der Waals surface area contributed by atoms with Crippen molar-refractivity contribution in [2.24, 2.45) is 17.3 Å². The van der Waals surface area contributed by atoms with E-state index < -0.39 is 0 Å². The first kappa shape index (κ1) is 34.9. The zero-order valence-corrected chi connectivity index (χ0v) is 30.8. The molecule has 0 spiro atoms. The van der Waals surface area contributed by atoms with Gasteiger partial charge >= 0.3 is 90.3 Å². The van der Waals surface area contributed by atoms with Crippen molar-refractivity contribution in [2.75, 3.05) is 4.90 Å². The van der Waals surface area contributed by atoms with Crippen LogP contribution in [0, 0.1) is 23.8 Å². The zero-order valence-electron chi connectivity index (χ0n) is 28.3. The summed E-state index contributed by atoms with van der Waals surface area (Å²) in [6.45, 7) is 23.7. The number of nitrogens with zero attached hydrogens (tertiary/aromatic N) is 1. The summed E-state index contributed by atoms with van der Waals surface area (Å²) < 4.78 is 7.66. The van der Waals surface area contributed by atoms with Crippen LogP contribution in [0.3, 0.4) is 0 Å². The molecule has 0 radical (unpaired) electrons. The first-order valence-electron chi connectivity index (χ1n) is 16.6. The fraction of sp³-hybridized carbons (Fsp3) is 0.500. The normalized spacial score (nSPS) is 24.2. The Morgan fingerprint density at radius 1 is 0.864 bits per heavy atom.